The predicted octanol–water partition coefficient (Wildman–Crippen LogP) is 13.2. The Bertz CT molecular complexity index is 2850. The highest BCUT2D eigenvalue weighted by Crippen LogP contribution is 2.44. The second-order valence-electron chi connectivity index (χ2n) is 12.8. The van der Waals surface area contributed by atoms with Crippen molar-refractivity contribution < 1.29 is 4.42 Å². The van der Waals surface area contributed by atoms with Crippen molar-refractivity contribution >= 4 is 71.3 Å². The summed E-state index contributed by atoms with van der Waals surface area (Å²) in [7, 11) is 0. The van der Waals surface area contributed by atoms with Crippen molar-refractivity contribution in [1.82, 2.24) is 4.98 Å². The fourth-order valence-corrected chi connectivity index (χ4v) is 7.55. The first-order valence-electron chi connectivity index (χ1n) is 16.9. The van der Waals surface area contributed by atoms with E-state index >= 15 is 0 Å². The lowest BCUT2D eigenvalue weighted by Crippen LogP contribution is -2.10. The lowest BCUT2D eigenvalue weighted by Gasteiger charge is -2.26. The van der Waals surface area contributed by atoms with Crippen molar-refractivity contribution in [2.24, 2.45) is 0 Å². The van der Waals surface area contributed by atoms with Gasteiger partial charge in [0.2, 0.25) is 0 Å². The number of para-hydroxylation sites is 1. The summed E-state index contributed by atoms with van der Waals surface area (Å²) in [4.78, 5) is 6.68. The Morgan fingerprint density at radius 2 is 1.06 bits per heavy atom. The van der Waals surface area contributed by atoms with Crippen LogP contribution in [0.15, 0.2) is 187 Å². The number of rotatable bonds is 5. The highest BCUT2D eigenvalue weighted by atomic mass is 16.3. The molecule has 0 atom stereocenters. The summed E-state index contributed by atoms with van der Waals surface area (Å²) in [6.45, 7) is 0. The molecule has 3 nitrogen and oxygen atoms in total. The molecule has 2 heterocycles. The van der Waals surface area contributed by atoms with Gasteiger partial charge in [0.25, 0.3) is 0 Å². The van der Waals surface area contributed by atoms with Crippen LogP contribution < -0.4 is 4.90 Å². The number of benzene rings is 8. The average Bonchev–Trinajstić information content (AvgIpc) is 3.58. The van der Waals surface area contributed by atoms with E-state index in [1.807, 2.05) is 12.3 Å². The molecule has 0 bridgehead atoms. The molecule has 0 fully saturated rings. The van der Waals surface area contributed by atoms with E-state index in [0.29, 0.717) is 0 Å². The first-order chi connectivity index (χ1) is 24.8. The number of aromatic nitrogens is 1. The lowest BCUT2D eigenvalue weighted by molar-refractivity contribution is 0.668. The van der Waals surface area contributed by atoms with Gasteiger partial charge in [-0.3, -0.25) is 4.98 Å². The second-order valence-corrected chi connectivity index (χ2v) is 12.8. The van der Waals surface area contributed by atoms with Crippen molar-refractivity contribution in [3.8, 4) is 22.3 Å². The minimum atomic E-state index is 0.827. The topological polar surface area (TPSA) is 29.3 Å². The van der Waals surface area contributed by atoms with Gasteiger partial charge in [-0.25, -0.2) is 0 Å². The van der Waals surface area contributed by atoms with Gasteiger partial charge in [-0.1, -0.05) is 127 Å². The van der Waals surface area contributed by atoms with Crippen molar-refractivity contribution in [3.63, 3.8) is 0 Å². The molecule has 3 heteroatoms. The standard InChI is InChI=1S/C47H30N2O/c1-2-9-31(10-3-1)32-17-22-35(23-18-32)49(45-16-8-15-41-44-30-48-28-27-46(44)50-47(41)45)36-24-19-34(20-25-36)42-29-43-37-12-5-4-11-33(37)21-26-40(43)38-13-6-7-14-39(38)42/h1-30H. The van der Waals surface area contributed by atoms with Crippen LogP contribution in [0.25, 0.3) is 76.5 Å². The van der Waals surface area contributed by atoms with Crippen LogP contribution in [0.4, 0.5) is 17.1 Å². The van der Waals surface area contributed by atoms with Crippen LogP contribution in [0.1, 0.15) is 0 Å². The fourth-order valence-electron chi connectivity index (χ4n) is 7.55. The van der Waals surface area contributed by atoms with E-state index in [-0.39, 0.29) is 0 Å². The Hall–Kier alpha value is -6.71. The molecular weight excluding hydrogens is 609 g/mol. The van der Waals surface area contributed by atoms with Crippen LogP contribution >= 0.6 is 0 Å². The van der Waals surface area contributed by atoms with Crippen molar-refractivity contribution in [1.29, 1.82) is 0 Å². The number of furan rings is 1. The zero-order valence-corrected chi connectivity index (χ0v) is 27.1. The summed E-state index contributed by atoms with van der Waals surface area (Å²) in [5, 5.41) is 9.63. The second kappa shape index (κ2) is 11.5. The summed E-state index contributed by atoms with van der Waals surface area (Å²) >= 11 is 0. The molecule has 0 aliphatic rings. The van der Waals surface area contributed by atoms with Crippen LogP contribution in [0.5, 0.6) is 0 Å². The smallest absolute Gasteiger partial charge is 0.159 e. The largest absolute Gasteiger partial charge is 0.454 e. The monoisotopic (exact) mass is 638 g/mol. The van der Waals surface area contributed by atoms with Crippen LogP contribution in [0.3, 0.4) is 0 Å². The maximum Gasteiger partial charge on any atom is 0.159 e. The molecular formula is C47H30N2O. The normalized spacial score (nSPS) is 11.6. The van der Waals surface area contributed by atoms with Crippen LogP contribution in [-0.2, 0) is 0 Å². The number of hydrogen-bond acceptors (Lipinski definition) is 3. The summed E-state index contributed by atoms with van der Waals surface area (Å²) in [6, 6.07) is 60.8. The van der Waals surface area contributed by atoms with Crippen LogP contribution in [-0.4, -0.2) is 4.98 Å². The van der Waals surface area contributed by atoms with E-state index in [0.717, 1.165) is 39.0 Å². The number of nitrogens with zero attached hydrogens (tertiary/aromatic N) is 2. The SMILES string of the molecule is c1ccc(-c2ccc(N(c3ccc(-c4cc5c6ccccc6ccc5c5ccccc45)cc3)c3cccc4c3oc3ccncc34)cc2)cc1. The van der Waals surface area contributed by atoms with Crippen molar-refractivity contribution in [2.75, 3.05) is 4.90 Å². The van der Waals surface area contributed by atoms with Crippen molar-refractivity contribution in [2.45, 2.75) is 0 Å². The Labute approximate surface area is 289 Å². The van der Waals surface area contributed by atoms with Crippen LogP contribution in [0.2, 0.25) is 0 Å². The maximum atomic E-state index is 6.54. The van der Waals surface area contributed by atoms with Gasteiger partial charge < -0.3 is 9.32 Å². The molecule has 0 amide bonds. The van der Waals surface area contributed by atoms with Gasteiger partial charge in [0, 0.05) is 34.5 Å². The predicted molar refractivity (Wildman–Crippen MR) is 210 cm³/mol. The molecule has 0 unspecified atom stereocenters. The summed E-state index contributed by atoms with van der Waals surface area (Å²) in [6.07, 6.45) is 3.66. The van der Waals surface area contributed by atoms with Gasteiger partial charge in [0.1, 0.15) is 5.58 Å². The first-order valence-corrected chi connectivity index (χ1v) is 16.9. The first kappa shape index (κ1) is 28.3. The third-order valence-corrected chi connectivity index (χ3v) is 9.95. The Kier molecular flexibility index (Phi) is 6.49. The molecule has 0 radical (unpaired) electrons. The molecule has 8 aromatic carbocycles. The van der Waals surface area contributed by atoms with Gasteiger partial charge >= 0.3 is 0 Å². The maximum absolute atomic E-state index is 6.54. The number of pyridine rings is 1. The Balaban J connectivity index is 1.15. The zero-order chi connectivity index (χ0) is 33.0. The third-order valence-electron chi connectivity index (χ3n) is 9.95. The molecule has 234 valence electrons. The summed E-state index contributed by atoms with van der Waals surface area (Å²) in [5.74, 6) is 0. The highest BCUT2D eigenvalue weighted by molar-refractivity contribution is 6.21. The molecule has 10 rings (SSSR count). The minimum Gasteiger partial charge on any atom is -0.454 e. The number of anilines is 3. The van der Waals surface area contributed by atoms with Gasteiger partial charge in [-0.15, -0.1) is 0 Å². The van der Waals surface area contributed by atoms with Crippen LogP contribution in [0, 0.1) is 0 Å². The third kappa shape index (κ3) is 4.56. The number of fused-ring (bicyclic) bond motifs is 8. The Morgan fingerprint density at radius 3 is 1.86 bits per heavy atom. The molecule has 0 aliphatic heterocycles. The van der Waals surface area contributed by atoms with Crippen molar-refractivity contribution in [3.05, 3.63) is 182 Å². The molecule has 2 aromatic heterocycles. The molecule has 0 saturated heterocycles. The Morgan fingerprint density at radius 1 is 0.420 bits per heavy atom. The van der Waals surface area contributed by atoms with Gasteiger partial charge in [0.05, 0.1) is 5.69 Å². The molecule has 50 heavy (non-hydrogen) atoms. The molecule has 10 aromatic rings. The fraction of sp³-hybridized carbons (Fsp3) is 0. The van der Waals surface area contributed by atoms with E-state index in [2.05, 4.69) is 174 Å². The summed E-state index contributed by atoms with van der Waals surface area (Å²) < 4.78 is 6.54. The molecule has 0 saturated carbocycles. The average molecular weight is 639 g/mol. The van der Waals surface area contributed by atoms with E-state index in [4.69, 9.17) is 4.42 Å². The van der Waals surface area contributed by atoms with E-state index in [1.165, 1.54) is 54.6 Å². The highest BCUT2D eigenvalue weighted by Gasteiger charge is 2.20. The van der Waals surface area contributed by atoms with E-state index in [1.54, 1.807) is 6.20 Å². The zero-order valence-electron chi connectivity index (χ0n) is 27.1. The molecule has 0 N–H and O–H groups in total. The van der Waals surface area contributed by atoms with E-state index in [9.17, 15) is 0 Å². The lowest BCUT2D eigenvalue weighted by atomic mass is 9.91. The molecule has 0 spiro atoms. The minimum absolute atomic E-state index is 0.827. The van der Waals surface area contributed by atoms with Gasteiger partial charge in [-0.05, 0) is 97.0 Å². The van der Waals surface area contributed by atoms with Gasteiger partial charge in [0.15, 0.2) is 5.58 Å². The quantitative estimate of drug-likeness (QED) is 0.176. The summed E-state index contributed by atoms with van der Waals surface area (Å²) in [5.41, 5.74) is 9.49. The molecule has 0 aliphatic carbocycles. The van der Waals surface area contributed by atoms with E-state index < -0.39 is 0 Å². The van der Waals surface area contributed by atoms with Gasteiger partial charge in [-0.2, -0.15) is 0 Å². The number of hydrogen-bond donors (Lipinski definition) is 0.